The van der Waals surface area contributed by atoms with Crippen molar-refractivity contribution in [3.05, 3.63) is 53.2 Å². The Bertz CT molecular complexity index is 1090. The normalized spacial score (nSPS) is 18.2. The lowest BCUT2D eigenvalue weighted by molar-refractivity contribution is 0.0110. The Morgan fingerprint density at radius 3 is 2.36 bits per heavy atom. The second kappa shape index (κ2) is 10.3. The van der Waals surface area contributed by atoms with Crippen LogP contribution in [-0.2, 0) is 16.1 Å². The summed E-state index contributed by atoms with van der Waals surface area (Å²) in [6, 6.07) is 10.8. The first-order valence-corrected chi connectivity index (χ1v) is 12.5. The predicted molar refractivity (Wildman–Crippen MR) is 139 cm³/mol. The van der Waals surface area contributed by atoms with Crippen molar-refractivity contribution in [1.29, 1.82) is 0 Å². The second-order valence-electron chi connectivity index (χ2n) is 10.5. The lowest BCUT2D eigenvalue weighted by Crippen LogP contribution is -2.50. The van der Waals surface area contributed by atoms with E-state index in [1.165, 1.54) is 10.5 Å². The van der Waals surface area contributed by atoms with E-state index in [0.29, 0.717) is 18.9 Å². The molecule has 1 unspecified atom stereocenters. The van der Waals surface area contributed by atoms with Gasteiger partial charge in [-0.05, 0) is 45.7 Å². The number of nitrogens with zero attached hydrogens (tertiary/aromatic N) is 4. The molecule has 1 N–H and O–H groups in total. The number of rotatable bonds is 5. The summed E-state index contributed by atoms with van der Waals surface area (Å²) in [6.45, 7) is 13.2. The minimum absolute atomic E-state index is 0.0399. The summed E-state index contributed by atoms with van der Waals surface area (Å²) < 4.78 is 10.6. The van der Waals surface area contributed by atoms with Crippen LogP contribution >= 0.6 is 0 Å². The largest absolute Gasteiger partial charge is 0.444 e. The van der Waals surface area contributed by atoms with Gasteiger partial charge in [-0.15, -0.1) is 0 Å². The van der Waals surface area contributed by atoms with E-state index in [2.05, 4.69) is 53.3 Å². The highest BCUT2D eigenvalue weighted by molar-refractivity contribution is 5.90. The topological polar surface area (TPSA) is 87.2 Å². The number of nitrogens with one attached hydrogen (secondary N) is 1. The maximum Gasteiger partial charge on any atom is 0.414 e. The van der Waals surface area contributed by atoms with E-state index >= 15 is 0 Å². The number of piperazine rings is 1. The first-order chi connectivity index (χ1) is 17.0. The number of benzene rings is 1. The molecule has 1 saturated heterocycles. The van der Waals surface area contributed by atoms with Gasteiger partial charge in [0.15, 0.2) is 0 Å². The highest BCUT2D eigenvalue weighted by atomic mass is 16.6. The standard InChI is InChI=1S/C27H37N5O4/c1-18(29-24-15-23-22(16-28-24)17-35-25(33)30(23)6)20-7-9-21(10-8-20)19(2)31-11-13-32(14-12-31)26(34)36-27(3,4)5/h7-10,15-16,18-19H,11-14,17H2,1-6H3,(H,28,29)/t18-,19?/m0/s1. The van der Waals surface area contributed by atoms with Gasteiger partial charge in [-0.3, -0.25) is 9.80 Å². The average Bonchev–Trinajstić information content (AvgIpc) is 2.85. The van der Waals surface area contributed by atoms with Gasteiger partial charge in [0, 0.05) is 63.1 Å². The third kappa shape index (κ3) is 5.90. The Morgan fingerprint density at radius 2 is 1.72 bits per heavy atom. The molecular weight excluding hydrogens is 458 g/mol. The van der Waals surface area contributed by atoms with Crippen LogP contribution in [0, 0.1) is 0 Å². The molecule has 0 saturated carbocycles. The molecule has 9 nitrogen and oxygen atoms in total. The summed E-state index contributed by atoms with van der Waals surface area (Å²) in [4.78, 5) is 34.4. The van der Waals surface area contributed by atoms with Crippen LogP contribution in [0.5, 0.6) is 0 Å². The van der Waals surface area contributed by atoms with Gasteiger partial charge in [-0.1, -0.05) is 24.3 Å². The maximum absolute atomic E-state index is 12.3. The van der Waals surface area contributed by atoms with Crippen molar-refractivity contribution < 1.29 is 19.1 Å². The highest BCUT2D eigenvalue weighted by Crippen LogP contribution is 2.29. The zero-order valence-corrected chi connectivity index (χ0v) is 22.1. The molecule has 2 atom stereocenters. The molecule has 0 bridgehead atoms. The zero-order chi connectivity index (χ0) is 26.0. The minimum atomic E-state index is -0.477. The molecule has 194 valence electrons. The molecule has 1 aromatic carbocycles. The summed E-state index contributed by atoms with van der Waals surface area (Å²) in [7, 11) is 1.70. The van der Waals surface area contributed by atoms with E-state index in [1.807, 2.05) is 26.8 Å². The molecule has 2 aliphatic heterocycles. The van der Waals surface area contributed by atoms with Crippen LogP contribution in [0.3, 0.4) is 0 Å². The number of pyridine rings is 1. The predicted octanol–water partition coefficient (Wildman–Crippen LogP) is 4.95. The molecule has 9 heteroatoms. The number of hydrogen-bond acceptors (Lipinski definition) is 7. The monoisotopic (exact) mass is 495 g/mol. The van der Waals surface area contributed by atoms with Crippen molar-refractivity contribution in [1.82, 2.24) is 14.8 Å². The van der Waals surface area contributed by atoms with Crippen molar-refractivity contribution in [2.45, 2.75) is 58.9 Å². The quantitative estimate of drug-likeness (QED) is 0.628. The molecule has 1 fully saturated rings. The zero-order valence-electron chi connectivity index (χ0n) is 22.1. The molecule has 0 spiro atoms. The number of aromatic nitrogens is 1. The van der Waals surface area contributed by atoms with Crippen LogP contribution in [0.4, 0.5) is 21.1 Å². The summed E-state index contributed by atoms with van der Waals surface area (Å²) >= 11 is 0. The lowest BCUT2D eigenvalue weighted by atomic mass is 10.0. The summed E-state index contributed by atoms with van der Waals surface area (Å²) in [6.07, 6.45) is 1.16. The molecule has 2 amide bonds. The smallest absolute Gasteiger partial charge is 0.414 e. The molecule has 0 radical (unpaired) electrons. The molecule has 3 heterocycles. The molecule has 4 rings (SSSR count). The fourth-order valence-corrected chi connectivity index (χ4v) is 4.51. The van der Waals surface area contributed by atoms with Gasteiger partial charge in [0.05, 0.1) is 5.69 Å². The maximum atomic E-state index is 12.3. The molecular formula is C27H37N5O4. The Morgan fingerprint density at radius 1 is 1.08 bits per heavy atom. The van der Waals surface area contributed by atoms with Crippen LogP contribution in [0.2, 0.25) is 0 Å². The SMILES string of the molecule is CC(c1ccc([C@H](C)Nc2cc3c(cn2)COC(=O)N3C)cc1)N1CCN(C(=O)OC(C)(C)C)CC1. The lowest BCUT2D eigenvalue weighted by Gasteiger charge is -2.38. The van der Waals surface area contributed by atoms with E-state index < -0.39 is 5.60 Å². The van der Waals surface area contributed by atoms with Crippen molar-refractivity contribution in [2.24, 2.45) is 0 Å². The number of cyclic esters (lactones) is 1. The van der Waals surface area contributed by atoms with Gasteiger partial charge in [-0.25, -0.2) is 14.6 Å². The number of fused-ring (bicyclic) bond motifs is 1. The third-order valence-electron chi connectivity index (χ3n) is 6.75. The number of ether oxygens (including phenoxy) is 2. The van der Waals surface area contributed by atoms with E-state index in [-0.39, 0.29) is 30.9 Å². The Labute approximate surface area is 213 Å². The molecule has 2 aliphatic rings. The fourth-order valence-electron chi connectivity index (χ4n) is 4.51. The summed E-state index contributed by atoms with van der Waals surface area (Å²) in [5.74, 6) is 0.711. The van der Waals surface area contributed by atoms with Gasteiger partial charge >= 0.3 is 12.2 Å². The van der Waals surface area contributed by atoms with Gasteiger partial charge in [0.1, 0.15) is 18.0 Å². The van der Waals surface area contributed by atoms with E-state index in [9.17, 15) is 9.59 Å². The number of carbonyl (C=O) groups is 2. The van der Waals surface area contributed by atoms with E-state index in [0.717, 1.165) is 29.9 Å². The van der Waals surface area contributed by atoms with Crippen molar-refractivity contribution in [2.75, 3.05) is 43.4 Å². The van der Waals surface area contributed by atoms with Crippen LogP contribution in [0.15, 0.2) is 36.5 Å². The van der Waals surface area contributed by atoms with Crippen LogP contribution in [0.25, 0.3) is 0 Å². The number of anilines is 2. The van der Waals surface area contributed by atoms with Crippen LogP contribution < -0.4 is 10.2 Å². The molecule has 2 aromatic rings. The molecule has 0 aliphatic carbocycles. The number of carbonyl (C=O) groups excluding carboxylic acids is 2. The van der Waals surface area contributed by atoms with Gasteiger partial charge in [0.25, 0.3) is 0 Å². The van der Waals surface area contributed by atoms with Gasteiger partial charge in [0.2, 0.25) is 0 Å². The second-order valence-corrected chi connectivity index (χ2v) is 10.5. The van der Waals surface area contributed by atoms with Crippen molar-refractivity contribution in [3.63, 3.8) is 0 Å². The minimum Gasteiger partial charge on any atom is -0.444 e. The summed E-state index contributed by atoms with van der Waals surface area (Å²) in [5, 5.41) is 3.44. The van der Waals surface area contributed by atoms with Gasteiger partial charge < -0.3 is 19.7 Å². The Kier molecular flexibility index (Phi) is 7.40. The first kappa shape index (κ1) is 25.8. The average molecular weight is 496 g/mol. The van der Waals surface area contributed by atoms with Crippen LogP contribution in [-0.4, -0.2) is 65.8 Å². The van der Waals surface area contributed by atoms with Gasteiger partial charge in [-0.2, -0.15) is 0 Å². The van der Waals surface area contributed by atoms with E-state index in [4.69, 9.17) is 9.47 Å². The summed E-state index contributed by atoms with van der Waals surface area (Å²) in [5.41, 5.74) is 3.61. The Hall–Kier alpha value is -3.33. The Balaban J connectivity index is 1.33. The number of hydrogen-bond donors (Lipinski definition) is 1. The fraction of sp³-hybridized carbons (Fsp3) is 0.519. The third-order valence-corrected chi connectivity index (χ3v) is 6.75. The van der Waals surface area contributed by atoms with Crippen LogP contribution in [0.1, 0.15) is 63.4 Å². The first-order valence-electron chi connectivity index (χ1n) is 12.5. The highest BCUT2D eigenvalue weighted by Gasteiger charge is 2.28. The van der Waals surface area contributed by atoms with Crippen molar-refractivity contribution >= 4 is 23.7 Å². The molecule has 36 heavy (non-hydrogen) atoms. The number of amides is 2. The van der Waals surface area contributed by atoms with E-state index in [1.54, 1.807) is 18.1 Å². The van der Waals surface area contributed by atoms with Crippen molar-refractivity contribution in [3.8, 4) is 0 Å². The molecule has 1 aromatic heterocycles.